The zero-order chi connectivity index (χ0) is 23.0. The van der Waals surface area contributed by atoms with Crippen LogP contribution < -0.4 is 10.1 Å². The summed E-state index contributed by atoms with van der Waals surface area (Å²) in [6, 6.07) is 16.9. The van der Waals surface area contributed by atoms with Crippen molar-refractivity contribution in [3.63, 3.8) is 0 Å². The molecule has 0 radical (unpaired) electrons. The van der Waals surface area contributed by atoms with Crippen LogP contribution in [0.25, 0.3) is 0 Å². The van der Waals surface area contributed by atoms with E-state index in [0.29, 0.717) is 24.6 Å². The second-order valence-electron chi connectivity index (χ2n) is 9.18. The molecule has 0 aliphatic rings. The van der Waals surface area contributed by atoms with E-state index in [4.69, 9.17) is 4.74 Å². The lowest BCUT2D eigenvalue weighted by Gasteiger charge is -2.33. The Morgan fingerprint density at radius 2 is 1.61 bits per heavy atom. The number of ether oxygens (including phenoxy) is 1. The number of rotatable bonds is 9. The maximum atomic E-state index is 13.2. The van der Waals surface area contributed by atoms with Crippen LogP contribution in [0.4, 0.5) is 0 Å². The summed E-state index contributed by atoms with van der Waals surface area (Å²) >= 11 is 0. The number of carbonyl (C=O) groups excluding carboxylic acids is 2. The Morgan fingerprint density at radius 3 is 2.13 bits per heavy atom. The van der Waals surface area contributed by atoms with Gasteiger partial charge in [0.1, 0.15) is 11.8 Å². The Balaban J connectivity index is 2.17. The quantitative estimate of drug-likeness (QED) is 0.622. The molecule has 2 aromatic rings. The number of hydrogen-bond donors (Lipinski definition) is 1. The predicted molar refractivity (Wildman–Crippen MR) is 125 cm³/mol. The van der Waals surface area contributed by atoms with Crippen LogP contribution in [-0.2, 0) is 16.1 Å². The van der Waals surface area contributed by atoms with Crippen LogP contribution >= 0.6 is 0 Å². The average molecular weight is 425 g/mol. The topological polar surface area (TPSA) is 58.6 Å². The molecule has 0 fully saturated rings. The molecule has 168 valence electrons. The van der Waals surface area contributed by atoms with E-state index in [9.17, 15) is 9.59 Å². The lowest BCUT2D eigenvalue weighted by Crippen LogP contribution is -2.54. The third kappa shape index (κ3) is 7.74. The van der Waals surface area contributed by atoms with Crippen molar-refractivity contribution < 1.29 is 14.3 Å². The summed E-state index contributed by atoms with van der Waals surface area (Å²) in [4.78, 5) is 27.8. The molecule has 0 aliphatic heterocycles. The van der Waals surface area contributed by atoms with Crippen LogP contribution in [-0.4, -0.2) is 34.9 Å². The monoisotopic (exact) mass is 424 g/mol. The van der Waals surface area contributed by atoms with Crippen LogP contribution in [0.2, 0.25) is 0 Å². The minimum Gasteiger partial charge on any atom is -0.484 e. The normalized spacial score (nSPS) is 12.4. The molecular formula is C26H36N2O3. The molecule has 0 saturated carbocycles. The van der Waals surface area contributed by atoms with Gasteiger partial charge in [0.15, 0.2) is 6.61 Å². The summed E-state index contributed by atoms with van der Waals surface area (Å²) in [6.07, 6.45) is 0.517. The van der Waals surface area contributed by atoms with Gasteiger partial charge in [-0.15, -0.1) is 0 Å². The summed E-state index contributed by atoms with van der Waals surface area (Å²) in [5.41, 5.74) is 1.81. The van der Waals surface area contributed by atoms with Gasteiger partial charge in [0.05, 0.1) is 0 Å². The van der Waals surface area contributed by atoms with E-state index < -0.39 is 6.04 Å². The molecule has 2 amide bonds. The Labute approximate surface area is 186 Å². The largest absolute Gasteiger partial charge is 0.484 e. The number of amides is 2. The summed E-state index contributed by atoms with van der Waals surface area (Å²) in [6.45, 7) is 12.2. The van der Waals surface area contributed by atoms with Gasteiger partial charge in [-0.3, -0.25) is 9.59 Å². The van der Waals surface area contributed by atoms with Gasteiger partial charge >= 0.3 is 0 Å². The van der Waals surface area contributed by atoms with Gasteiger partial charge in [0.25, 0.3) is 5.91 Å². The SMILES string of the molecule is CC[C@H](C(=O)NC(C)(C)C)N(Cc1ccccc1)C(=O)COc1ccc(C(C)C)cc1. The number of carbonyl (C=O) groups is 2. The van der Waals surface area contributed by atoms with Gasteiger partial charge in [0.2, 0.25) is 5.91 Å². The molecule has 0 spiro atoms. The first kappa shape index (κ1) is 24.4. The van der Waals surface area contributed by atoms with Crippen molar-refractivity contribution in [1.82, 2.24) is 10.2 Å². The van der Waals surface area contributed by atoms with Gasteiger partial charge in [-0.1, -0.05) is 63.2 Å². The fraction of sp³-hybridized carbons (Fsp3) is 0.462. The Kier molecular flexibility index (Phi) is 8.66. The van der Waals surface area contributed by atoms with Gasteiger partial charge in [-0.2, -0.15) is 0 Å². The molecule has 0 bridgehead atoms. The molecule has 0 aliphatic carbocycles. The molecule has 1 atom stereocenters. The molecule has 0 heterocycles. The lowest BCUT2D eigenvalue weighted by molar-refractivity contribution is -0.143. The summed E-state index contributed by atoms with van der Waals surface area (Å²) in [5.74, 6) is 0.710. The highest BCUT2D eigenvalue weighted by molar-refractivity contribution is 5.88. The third-order valence-electron chi connectivity index (χ3n) is 4.99. The second kappa shape index (κ2) is 11.0. The zero-order valence-electron chi connectivity index (χ0n) is 19.6. The van der Waals surface area contributed by atoms with E-state index in [2.05, 4.69) is 19.2 Å². The molecule has 2 aromatic carbocycles. The number of nitrogens with zero attached hydrogens (tertiary/aromatic N) is 1. The minimum absolute atomic E-state index is 0.118. The molecule has 31 heavy (non-hydrogen) atoms. The van der Waals surface area contributed by atoms with Crippen molar-refractivity contribution >= 4 is 11.8 Å². The predicted octanol–water partition coefficient (Wildman–Crippen LogP) is 4.91. The van der Waals surface area contributed by atoms with Crippen molar-refractivity contribution in [3.8, 4) is 5.75 Å². The van der Waals surface area contributed by atoms with E-state index in [1.165, 1.54) is 5.56 Å². The first-order valence-electron chi connectivity index (χ1n) is 11.0. The zero-order valence-corrected chi connectivity index (χ0v) is 19.6. The van der Waals surface area contributed by atoms with E-state index in [0.717, 1.165) is 5.56 Å². The Bertz CT molecular complexity index is 839. The molecule has 5 heteroatoms. The molecule has 0 saturated heterocycles. The second-order valence-corrected chi connectivity index (χ2v) is 9.18. The first-order valence-corrected chi connectivity index (χ1v) is 11.0. The Morgan fingerprint density at radius 1 is 1.00 bits per heavy atom. The maximum Gasteiger partial charge on any atom is 0.261 e. The van der Waals surface area contributed by atoms with Crippen molar-refractivity contribution in [1.29, 1.82) is 0 Å². The van der Waals surface area contributed by atoms with E-state index >= 15 is 0 Å². The van der Waals surface area contributed by atoms with Crippen molar-refractivity contribution in [2.45, 2.75) is 72.0 Å². The van der Waals surface area contributed by atoms with Gasteiger partial charge in [-0.05, 0) is 56.4 Å². The number of nitrogens with one attached hydrogen (secondary N) is 1. The standard InChI is InChI=1S/C26H36N2O3/c1-7-23(25(30)27-26(4,5)6)28(17-20-11-9-8-10-12-20)24(29)18-31-22-15-13-21(14-16-22)19(2)3/h8-16,19,23H,7,17-18H2,1-6H3,(H,27,30)/t23-/m1/s1. The van der Waals surface area contributed by atoms with Crippen LogP contribution in [0.15, 0.2) is 54.6 Å². The van der Waals surface area contributed by atoms with Crippen molar-refractivity contribution in [3.05, 3.63) is 65.7 Å². The number of benzene rings is 2. The van der Waals surface area contributed by atoms with Crippen LogP contribution in [0, 0.1) is 0 Å². The van der Waals surface area contributed by atoms with Crippen LogP contribution in [0.5, 0.6) is 5.75 Å². The van der Waals surface area contributed by atoms with Crippen LogP contribution in [0.3, 0.4) is 0 Å². The van der Waals surface area contributed by atoms with Gasteiger partial charge in [0, 0.05) is 12.1 Å². The fourth-order valence-electron chi connectivity index (χ4n) is 3.33. The molecule has 0 unspecified atom stereocenters. The molecule has 1 N–H and O–H groups in total. The molecule has 0 aromatic heterocycles. The fourth-order valence-corrected chi connectivity index (χ4v) is 3.33. The summed E-state index contributed by atoms with van der Waals surface area (Å²) in [7, 11) is 0. The van der Waals surface area contributed by atoms with Gasteiger partial charge < -0.3 is 15.0 Å². The van der Waals surface area contributed by atoms with E-state index in [-0.39, 0.29) is 24.0 Å². The lowest BCUT2D eigenvalue weighted by atomic mass is 10.0. The van der Waals surface area contributed by atoms with Crippen LogP contribution in [0.1, 0.15) is 65.0 Å². The molecular weight excluding hydrogens is 388 g/mol. The molecule has 2 rings (SSSR count). The number of hydrogen-bond acceptors (Lipinski definition) is 3. The molecule has 5 nitrogen and oxygen atoms in total. The third-order valence-corrected chi connectivity index (χ3v) is 4.99. The highest BCUT2D eigenvalue weighted by Gasteiger charge is 2.30. The average Bonchev–Trinajstić information content (AvgIpc) is 2.71. The first-order chi connectivity index (χ1) is 14.6. The van der Waals surface area contributed by atoms with Gasteiger partial charge in [-0.25, -0.2) is 0 Å². The smallest absolute Gasteiger partial charge is 0.261 e. The van der Waals surface area contributed by atoms with Crippen molar-refractivity contribution in [2.24, 2.45) is 0 Å². The maximum absolute atomic E-state index is 13.2. The highest BCUT2D eigenvalue weighted by atomic mass is 16.5. The van der Waals surface area contributed by atoms with E-state index in [1.54, 1.807) is 4.90 Å². The Hall–Kier alpha value is -2.82. The van der Waals surface area contributed by atoms with E-state index in [1.807, 2.05) is 82.3 Å². The minimum atomic E-state index is -0.571. The van der Waals surface area contributed by atoms with Crippen molar-refractivity contribution in [2.75, 3.05) is 6.61 Å². The highest BCUT2D eigenvalue weighted by Crippen LogP contribution is 2.19. The summed E-state index contributed by atoms with van der Waals surface area (Å²) in [5, 5.41) is 3.01. The summed E-state index contributed by atoms with van der Waals surface area (Å²) < 4.78 is 5.77.